The fourth-order valence-corrected chi connectivity index (χ4v) is 3.49. The molecule has 0 bridgehead atoms. The van der Waals surface area contributed by atoms with E-state index in [1.54, 1.807) is 0 Å². The van der Waals surface area contributed by atoms with Gasteiger partial charge in [0.15, 0.2) is 0 Å². The molecule has 1 atom stereocenters. The van der Waals surface area contributed by atoms with E-state index in [1.807, 2.05) is 11.8 Å². The standard InChI is InChI=1S/C16H28N2O3/c1-13(11-16(20)21)10-15(19)18-8-4-14(5-9-18)12-17-6-2-3-7-17/h13-14H,2-12H2,1H3,(H,20,21). The number of hydrogen-bond donors (Lipinski definition) is 1. The maximum absolute atomic E-state index is 12.2. The Labute approximate surface area is 127 Å². The Bertz CT molecular complexity index is 359. The van der Waals surface area contributed by atoms with Crippen LogP contribution in [-0.2, 0) is 9.59 Å². The molecule has 0 spiro atoms. The highest BCUT2D eigenvalue weighted by Gasteiger charge is 2.26. The highest BCUT2D eigenvalue weighted by molar-refractivity contribution is 5.77. The van der Waals surface area contributed by atoms with Gasteiger partial charge in [-0.1, -0.05) is 6.92 Å². The van der Waals surface area contributed by atoms with Gasteiger partial charge < -0.3 is 14.9 Å². The van der Waals surface area contributed by atoms with Crippen LogP contribution in [0.5, 0.6) is 0 Å². The van der Waals surface area contributed by atoms with E-state index in [0.29, 0.717) is 6.42 Å². The molecule has 21 heavy (non-hydrogen) atoms. The topological polar surface area (TPSA) is 60.9 Å². The minimum absolute atomic E-state index is 0.0719. The van der Waals surface area contributed by atoms with E-state index in [2.05, 4.69) is 4.90 Å². The number of amides is 1. The molecule has 2 heterocycles. The number of aliphatic carboxylic acids is 1. The van der Waals surface area contributed by atoms with Crippen molar-refractivity contribution >= 4 is 11.9 Å². The molecule has 1 amide bonds. The van der Waals surface area contributed by atoms with Gasteiger partial charge in [-0.05, 0) is 50.6 Å². The fraction of sp³-hybridized carbons (Fsp3) is 0.875. The summed E-state index contributed by atoms with van der Waals surface area (Å²) in [6.07, 6.45) is 5.29. The Morgan fingerprint density at radius 3 is 2.29 bits per heavy atom. The number of carbonyl (C=O) groups excluding carboxylic acids is 1. The summed E-state index contributed by atoms with van der Waals surface area (Å²) >= 11 is 0. The second kappa shape index (κ2) is 7.78. The third kappa shape index (κ3) is 5.30. The summed E-state index contributed by atoms with van der Waals surface area (Å²) in [5.41, 5.74) is 0. The largest absolute Gasteiger partial charge is 0.481 e. The normalized spacial score (nSPS) is 22.4. The highest BCUT2D eigenvalue weighted by Crippen LogP contribution is 2.22. The maximum Gasteiger partial charge on any atom is 0.303 e. The van der Waals surface area contributed by atoms with Gasteiger partial charge in [0.25, 0.3) is 0 Å². The first kappa shape index (κ1) is 16.3. The monoisotopic (exact) mass is 296 g/mol. The van der Waals surface area contributed by atoms with Gasteiger partial charge in [-0.2, -0.15) is 0 Å². The maximum atomic E-state index is 12.2. The number of nitrogens with zero attached hydrogens (tertiary/aromatic N) is 2. The first-order chi connectivity index (χ1) is 10.0. The number of carboxylic acids is 1. The van der Waals surface area contributed by atoms with Crippen molar-refractivity contribution in [2.24, 2.45) is 11.8 Å². The Balaban J connectivity index is 1.67. The average molecular weight is 296 g/mol. The van der Waals surface area contributed by atoms with Crippen LogP contribution in [-0.4, -0.2) is 59.5 Å². The second-order valence-corrected chi connectivity index (χ2v) is 6.74. The van der Waals surface area contributed by atoms with Crippen molar-refractivity contribution in [1.29, 1.82) is 0 Å². The van der Waals surface area contributed by atoms with Crippen LogP contribution in [0, 0.1) is 11.8 Å². The molecule has 0 radical (unpaired) electrons. The molecule has 2 fully saturated rings. The van der Waals surface area contributed by atoms with E-state index in [4.69, 9.17) is 5.11 Å². The Morgan fingerprint density at radius 2 is 1.71 bits per heavy atom. The summed E-state index contributed by atoms with van der Waals surface area (Å²) in [6, 6.07) is 0. The molecular weight excluding hydrogens is 268 g/mol. The van der Waals surface area contributed by atoms with Crippen LogP contribution < -0.4 is 0 Å². The molecule has 2 rings (SSSR count). The highest BCUT2D eigenvalue weighted by atomic mass is 16.4. The Hall–Kier alpha value is -1.10. The SMILES string of the molecule is CC(CC(=O)O)CC(=O)N1CCC(CN2CCCC2)CC1. The van der Waals surface area contributed by atoms with Gasteiger partial charge in [0, 0.05) is 32.5 Å². The molecule has 2 saturated heterocycles. The molecule has 2 aliphatic rings. The van der Waals surface area contributed by atoms with E-state index in [9.17, 15) is 9.59 Å². The third-order valence-electron chi connectivity index (χ3n) is 4.73. The summed E-state index contributed by atoms with van der Waals surface area (Å²) in [5, 5.41) is 8.75. The molecule has 1 N–H and O–H groups in total. The number of hydrogen-bond acceptors (Lipinski definition) is 3. The molecule has 0 aliphatic carbocycles. The first-order valence-corrected chi connectivity index (χ1v) is 8.26. The lowest BCUT2D eigenvalue weighted by Crippen LogP contribution is -2.41. The zero-order valence-corrected chi connectivity index (χ0v) is 13.1. The molecule has 2 aliphatic heterocycles. The quantitative estimate of drug-likeness (QED) is 0.812. The van der Waals surface area contributed by atoms with Crippen LogP contribution in [0.25, 0.3) is 0 Å². The van der Waals surface area contributed by atoms with Crippen LogP contribution in [0.15, 0.2) is 0 Å². The lowest BCUT2D eigenvalue weighted by Gasteiger charge is -2.34. The molecule has 5 nitrogen and oxygen atoms in total. The Kier molecular flexibility index (Phi) is 6.03. The van der Waals surface area contributed by atoms with Gasteiger partial charge in [-0.3, -0.25) is 9.59 Å². The minimum Gasteiger partial charge on any atom is -0.481 e. The predicted octanol–water partition coefficient (Wildman–Crippen LogP) is 1.82. The minimum atomic E-state index is -0.820. The number of carbonyl (C=O) groups is 2. The molecule has 0 aromatic carbocycles. The van der Waals surface area contributed by atoms with Gasteiger partial charge in [0.05, 0.1) is 0 Å². The van der Waals surface area contributed by atoms with E-state index in [0.717, 1.165) is 31.8 Å². The van der Waals surface area contributed by atoms with Gasteiger partial charge in [-0.25, -0.2) is 0 Å². The van der Waals surface area contributed by atoms with Gasteiger partial charge in [0.1, 0.15) is 0 Å². The molecule has 0 saturated carbocycles. The van der Waals surface area contributed by atoms with Crippen molar-refractivity contribution < 1.29 is 14.7 Å². The summed E-state index contributed by atoms with van der Waals surface area (Å²) < 4.78 is 0. The second-order valence-electron chi connectivity index (χ2n) is 6.74. The van der Waals surface area contributed by atoms with E-state index in [-0.39, 0.29) is 18.2 Å². The van der Waals surface area contributed by atoms with Crippen molar-refractivity contribution in [3.63, 3.8) is 0 Å². The number of likely N-dealkylation sites (tertiary alicyclic amines) is 2. The van der Waals surface area contributed by atoms with Crippen molar-refractivity contribution in [1.82, 2.24) is 9.80 Å². The lowest BCUT2D eigenvalue weighted by molar-refractivity contribution is -0.138. The van der Waals surface area contributed by atoms with Crippen LogP contribution in [0.4, 0.5) is 0 Å². The van der Waals surface area contributed by atoms with Crippen molar-refractivity contribution in [2.45, 2.75) is 45.4 Å². The number of piperidine rings is 1. The van der Waals surface area contributed by atoms with Crippen LogP contribution >= 0.6 is 0 Å². The van der Waals surface area contributed by atoms with Gasteiger partial charge in [-0.15, -0.1) is 0 Å². The summed E-state index contributed by atoms with van der Waals surface area (Å²) in [6.45, 7) is 7.20. The van der Waals surface area contributed by atoms with E-state index in [1.165, 1.54) is 32.5 Å². The molecule has 0 aromatic heterocycles. The fourth-order valence-electron chi connectivity index (χ4n) is 3.49. The lowest BCUT2D eigenvalue weighted by atomic mass is 9.95. The van der Waals surface area contributed by atoms with Gasteiger partial charge >= 0.3 is 5.97 Å². The zero-order chi connectivity index (χ0) is 15.2. The Morgan fingerprint density at radius 1 is 1.10 bits per heavy atom. The summed E-state index contributed by atoms with van der Waals surface area (Å²) in [4.78, 5) is 27.3. The third-order valence-corrected chi connectivity index (χ3v) is 4.73. The first-order valence-electron chi connectivity index (χ1n) is 8.26. The van der Waals surface area contributed by atoms with E-state index >= 15 is 0 Å². The zero-order valence-electron chi connectivity index (χ0n) is 13.1. The average Bonchev–Trinajstić information content (AvgIpc) is 2.91. The van der Waals surface area contributed by atoms with Crippen LogP contribution in [0.2, 0.25) is 0 Å². The van der Waals surface area contributed by atoms with Crippen molar-refractivity contribution in [2.75, 3.05) is 32.7 Å². The molecule has 120 valence electrons. The summed E-state index contributed by atoms with van der Waals surface area (Å²) in [7, 11) is 0. The smallest absolute Gasteiger partial charge is 0.303 e. The molecule has 5 heteroatoms. The summed E-state index contributed by atoms with van der Waals surface area (Å²) in [5.74, 6) is -0.0380. The van der Waals surface area contributed by atoms with Crippen LogP contribution in [0.3, 0.4) is 0 Å². The van der Waals surface area contributed by atoms with Crippen LogP contribution in [0.1, 0.15) is 45.4 Å². The van der Waals surface area contributed by atoms with Crippen molar-refractivity contribution in [3.8, 4) is 0 Å². The number of rotatable bonds is 6. The molecule has 0 aromatic rings. The molecular formula is C16H28N2O3. The van der Waals surface area contributed by atoms with Crippen molar-refractivity contribution in [3.05, 3.63) is 0 Å². The van der Waals surface area contributed by atoms with Gasteiger partial charge in [0.2, 0.25) is 5.91 Å². The molecule has 1 unspecified atom stereocenters. The van der Waals surface area contributed by atoms with E-state index < -0.39 is 5.97 Å². The number of carboxylic acid groups (broad SMARTS) is 1. The predicted molar refractivity (Wildman–Crippen MR) is 81.0 cm³/mol.